The molecule has 4 N–H and O–H groups in total. The number of hydrogen-bond acceptors (Lipinski definition) is 5. The summed E-state index contributed by atoms with van der Waals surface area (Å²) < 4.78 is 0.214. The van der Waals surface area contributed by atoms with E-state index in [1.165, 1.54) is 0 Å². The zero-order chi connectivity index (χ0) is 11.5. The first-order valence-corrected chi connectivity index (χ1v) is 5.12. The lowest BCUT2D eigenvalue weighted by atomic mass is 10.2. The predicted molar refractivity (Wildman–Crippen MR) is 66.1 cm³/mol. The van der Waals surface area contributed by atoms with Gasteiger partial charge in [-0.15, -0.1) is 0 Å². The van der Waals surface area contributed by atoms with Crippen LogP contribution in [0.25, 0.3) is 0 Å². The van der Waals surface area contributed by atoms with E-state index in [-0.39, 0.29) is 10.7 Å². The Morgan fingerprint density at radius 2 is 2.19 bits per heavy atom. The summed E-state index contributed by atoms with van der Waals surface area (Å²) in [4.78, 5) is 10.6. The maximum absolute atomic E-state index is 5.53. The number of nitrogen functional groups attached to an aromatic ring is 1. The van der Waals surface area contributed by atoms with Crippen LogP contribution >= 0.6 is 12.2 Å². The molecule has 0 aliphatic heterocycles. The number of nitrogens with one attached hydrogen (secondary N) is 2. The molecule has 0 aliphatic carbocycles. The highest BCUT2D eigenvalue weighted by atomic mass is 32.1. The fourth-order valence-corrected chi connectivity index (χ4v) is 1.51. The minimum atomic E-state index is 0.214. The Bertz CT molecular complexity index is 563. The van der Waals surface area contributed by atoms with Gasteiger partial charge in [0.25, 0.3) is 0 Å². The van der Waals surface area contributed by atoms with Gasteiger partial charge in [-0.3, -0.25) is 4.98 Å². The fourth-order valence-electron chi connectivity index (χ4n) is 1.32. The lowest BCUT2D eigenvalue weighted by Crippen LogP contribution is -2.03. The Hall–Kier alpha value is -1.95. The topological polar surface area (TPSA) is 79.6 Å². The first-order valence-electron chi connectivity index (χ1n) is 4.71. The Labute approximate surface area is 97.8 Å². The number of hydrogen-bond donors (Lipinski definition) is 3. The molecule has 0 spiro atoms. The second kappa shape index (κ2) is 4.28. The van der Waals surface area contributed by atoms with Gasteiger partial charge in [-0.1, -0.05) is 12.1 Å². The number of aromatic amines is 1. The van der Waals surface area contributed by atoms with Crippen molar-refractivity contribution in [3.8, 4) is 0 Å². The molecule has 82 valence electrons. The van der Waals surface area contributed by atoms with Gasteiger partial charge in [0, 0.05) is 5.69 Å². The lowest BCUT2D eigenvalue weighted by molar-refractivity contribution is 1.05. The van der Waals surface area contributed by atoms with Crippen LogP contribution in [0.4, 0.5) is 17.6 Å². The van der Waals surface area contributed by atoms with Gasteiger partial charge in [0.15, 0.2) is 0 Å². The molecule has 1 aromatic heterocycles. The first-order chi connectivity index (χ1) is 7.63. The quantitative estimate of drug-likeness (QED) is 0.693. The number of H-pyrrole nitrogens is 1. The van der Waals surface area contributed by atoms with Gasteiger partial charge in [0.1, 0.15) is 0 Å². The monoisotopic (exact) mass is 233 g/mol. The van der Waals surface area contributed by atoms with E-state index in [2.05, 4.69) is 20.3 Å². The van der Waals surface area contributed by atoms with Crippen molar-refractivity contribution in [1.82, 2.24) is 15.0 Å². The predicted octanol–water partition coefficient (Wildman–Crippen LogP) is 2.17. The van der Waals surface area contributed by atoms with E-state index in [1.54, 1.807) is 0 Å². The lowest BCUT2D eigenvalue weighted by Gasteiger charge is -2.06. The van der Waals surface area contributed by atoms with Gasteiger partial charge in [-0.2, -0.15) is 9.97 Å². The molecule has 16 heavy (non-hydrogen) atoms. The van der Waals surface area contributed by atoms with Crippen LogP contribution in [0.5, 0.6) is 0 Å². The van der Waals surface area contributed by atoms with Crippen LogP contribution in [-0.2, 0) is 0 Å². The normalized spacial score (nSPS) is 10.1. The number of nitrogens with zero attached hydrogens (tertiary/aromatic N) is 2. The Morgan fingerprint density at radius 1 is 1.38 bits per heavy atom. The van der Waals surface area contributed by atoms with Gasteiger partial charge in [-0.25, -0.2) is 0 Å². The van der Waals surface area contributed by atoms with Crippen molar-refractivity contribution < 1.29 is 0 Å². The molecule has 2 aromatic rings. The molecule has 0 unspecified atom stereocenters. The second-order valence-corrected chi connectivity index (χ2v) is 3.72. The summed E-state index contributed by atoms with van der Waals surface area (Å²) in [5.74, 6) is 0.734. The van der Waals surface area contributed by atoms with E-state index in [0.717, 1.165) is 11.3 Å². The van der Waals surface area contributed by atoms with Crippen molar-refractivity contribution in [3.63, 3.8) is 0 Å². The van der Waals surface area contributed by atoms with Crippen LogP contribution in [0, 0.1) is 11.7 Å². The smallest absolute Gasteiger partial charge is 0.225 e. The van der Waals surface area contributed by atoms with Crippen LogP contribution in [0.1, 0.15) is 5.56 Å². The molecular formula is C10H11N5S. The largest absolute Gasteiger partial charge is 0.369 e. The fraction of sp³-hybridized carbons (Fsp3) is 0.100. The number of aromatic nitrogens is 3. The third kappa shape index (κ3) is 2.54. The van der Waals surface area contributed by atoms with Crippen LogP contribution in [0.15, 0.2) is 24.3 Å². The van der Waals surface area contributed by atoms with Crippen molar-refractivity contribution in [3.05, 3.63) is 34.6 Å². The van der Waals surface area contributed by atoms with Crippen molar-refractivity contribution in [2.45, 2.75) is 6.92 Å². The number of nitrogens with two attached hydrogens (primary N) is 1. The van der Waals surface area contributed by atoms with Crippen molar-refractivity contribution in [2.24, 2.45) is 0 Å². The minimum Gasteiger partial charge on any atom is -0.369 e. The first kappa shape index (κ1) is 10.6. The van der Waals surface area contributed by atoms with Gasteiger partial charge in [0.05, 0.1) is 0 Å². The summed E-state index contributed by atoms with van der Waals surface area (Å²) in [6.45, 7) is 2.02. The molecular weight excluding hydrogens is 222 g/mol. The molecule has 6 heteroatoms. The molecule has 0 amide bonds. The molecule has 0 radical (unpaired) electrons. The summed E-state index contributed by atoms with van der Waals surface area (Å²) in [7, 11) is 0. The van der Waals surface area contributed by atoms with Crippen LogP contribution in [0.2, 0.25) is 0 Å². The van der Waals surface area contributed by atoms with Gasteiger partial charge in [0.2, 0.25) is 16.7 Å². The van der Waals surface area contributed by atoms with Crippen molar-refractivity contribution in [1.29, 1.82) is 0 Å². The summed E-state index contributed by atoms with van der Waals surface area (Å²) in [6, 6.07) is 7.90. The number of aryl methyl sites for hydroxylation is 1. The minimum absolute atomic E-state index is 0.214. The Morgan fingerprint density at radius 3 is 2.88 bits per heavy atom. The highest BCUT2D eigenvalue weighted by Gasteiger charge is 1.98. The molecule has 0 aliphatic rings. The standard InChI is InChI=1S/C10H11N5S/c1-6-3-2-4-7(5-6)12-9-13-8(11)14-10(16)15-9/h2-5H,1H3,(H4,11,12,13,14,15,16). The van der Waals surface area contributed by atoms with Gasteiger partial charge in [-0.05, 0) is 36.8 Å². The summed E-state index contributed by atoms with van der Waals surface area (Å²) >= 11 is 4.87. The highest BCUT2D eigenvalue weighted by Crippen LogP contribution is 2.14. The van der Waals surface area contributed by atoms with E-state index in [1.807, 2.05) is 31.2 Å². The Balaban J connectivity index is 2.30. The summed E-state index contributed by atoms with van der Waals surface area (Å²) in [5.41, 5.74) is 7.61. The average Bonchev–Trinajstić information content (AvgIpc) is 2.15. The van der Waals surface area contributed by atoms with Crippen LogP contribution < -0.4 is 11.1 Å². The van der Waals surface area contributed by atoms with E-state index < -0.39 is 0 Å². The van der Waals surface area contributed by atoms with Crippen LogP contribution in [-0.4, -0.2) is 15.0 Å². The maximum Gasteiger partial charge on any atom is 0.225 e. The van der Waals surface area contributed by atoms with Crippen molar-refractivity contribution in [2.75, 3.05) is 11.1 Å². The zero-order valence-electron chi connectivity index (χ0n) is 8.69. The molecule has 1 aromatic carbocycles. The number of rotatable bonds is 2. The third-order valence-corrected chi connectivity index (χ3v) is 2.13. The van der Waals surface area contributed by atoms with Crippen molar-refractivity contribution >= 4 is 29.8 Å². The average molecular weight is 233 g/mol. The molecule has 0 fully saturated rings. The molecule has 2 rings (SSSR count). The Kier molecular flexibility index (Phi) is 2.82. The van der Waals surface area contributed by atoms with E-state index in [4.69, 9.17) is 18.0 Å². The second-order valence-electron chi connectivity index (χ2n) is 3.36. The van der Waals surface area contributed by atoms with E-state index in [9.17, 15) is 0 Å². The summed E-state index contributed by atoms with van der Waals surface area (Å²) in [5, 5.41) is 3.07. The molecule has 0 bridgehead atoms. The van der Waals surface area contributed by atoms with Gasteiger partial charge < -0.3 is 11.1 Å². The summed E-state index contributed by atoms with van der Waals surface area (Å²) in [6.07, 6.45) is 0. The van der Waals surface area contributed by atoms with E-state index >= 15 is 0 Å². The number of anilines is 3. The molecule has 0 saturated carbocycles. The van der Waals surface area contributed by atoms with Crippen LogP contribution in [0.3, 0.4) is 0 Å². The SMILES string of the molecule is Cc1cccc(Nc2nc(=S)nc(N)[nH]2)c1. The molecule has 0 atom stereocenters. The highest BCUT2D eigenvalue weighted by molar-refractivity contribution is 7.71. The molecule has 0 saturated heterocycles. The zero-order valence-corrected chi connectivity index (χ0v) is 9.51. The molecule has 5 nitrogen and oxygen atoms in total. The van der Waals surface area contributed by atoms with E-state index in [0.29, 0.717) is 5.95 Å². The van der Waals surface area contributed by atoms with Gasteiger partial charge >= 0.3 is 0 Å². The number of benzene rings is 1. The molecule has 1 heterocycles. The third-order valence-electron chi connectivity index (χ3n) is 1.95. The maximum atomic E-state index is 5.53.